The maximum absolute atomic E-state index is 5.67. The number of pyridine rings is 1. The van der Waals surface area contributed by atoms with Gasteiger partial charge in [0.05, 0.1) is 55.6 Å². The summed E-state index contributed by atoms with van der Waals surface area (Å²) >= 11 is 3.62. The van der Waals surface area contributed by atoms with Gasteiger partial charge in [-0.1, -0.05) is 114 Å². The van der Waals surface area contributed by atoms with Crippen LogP contribution in [0.25, 0.3) is 9.75 Å². The minimum absolute atomic E-state index is 0. The number of rotatable bonds is 19. The Labute approximate surface area is 480 Å². The van der Waals surface area contributed by atoms with Gasteiger partial charge >= 0.3 is 16.5 Å². The standard InChI is InChI=1S/C69H77N5S2.Ni/c1-11-21-23-25-32-47-41-49(34-28-27-31-46-37-39-70-40-38-46)75-68(47)69-48(33-26-24-22-12-2)42-50(76-69)35-29-30-36-59-66-57(19-9)55(17-7)64(73-66)44-62-53(15-5)51(13-3)60(71-62)43-61-52(14-4)54(16-6)63(72-61)45-65-56(18-8)58(20-10)67(59)74-65;/h37-44,63H,11-26,32-33,45H2,1-10H3;/q;+2/b60-43-,64-44-,67-59-;. The van der Waals surface area contributed by atoms with E-state index in [9.17, 15) is 0 Å². The molecule has 8 rings (SSSR count). The zero-order valence-corrected chi connectivity index (χ0v) is 50.1. The van der Waals surface area contributed by atoms with Crippen LogP contribution in [0.3, 0.4) is 0 Å². The van der Waals surface area contributed by atoms with E-state index in [1.807, 2.05) is 23.5 Å². The van der Waals surface area contributed by atoms with E-state index >= 15 is 0 Å². The monoisotopic (exact) mass is 1100 g/mol. The quantitative estimate of drug-likeness (QED) is 0.0670. The molecule has 0 aliphatic carbocycles. The molecule has 398 valence electrons. The van der Waals surface area contributed by atoms with Gasteiger partial charge in [-0.3, -0.25) is 15.0 Å². The van der Waals surface area contributed by atoms with Crippen LogP contribution in [0, 0.1) is 47.4 Å². The Morgan fingerprint density at radius 3 is 1.60 bits per heavy atom. The molecule has 1 unspecified atom stereocenters. The van der Waals surface area contributed by atoms with Crippen LogP contribution in [0.15, 0.2) is 136 Å². The van der Waals surface area contributed by atoms with Crippen LogP contribution in [0.5, 0.6) is 0 Å². The molecule has 5 aliphatic heterocycles. The average Bonchev–Trinajstić information content (AvgIpc) is 4.32. The summed E-state index contributed by atoms with van der Waals surface area (Å²) in [6.45, 7) is 22.7. The third kappa shape index (κ3) is 13.4. The molecule has 5 nitrogen and oxygen atoms in total. The zero-order chi connectivity index (χ0) is 53.6. The third-order valence-electron chi connectivity index (χ3n) is 15.3. The predicted molar refractivity (Wildman–Crippen MR) is 328 cm³/mol. The second-order valence-corrected chi connectivity index (χ2v) is 22.1. The second-order valence-electron chi connectivity index (χ2n) is 20.0. The van der Waals surface area contributed by atoms with Gasteiger partial charge in [0.2, 0.25) is 0 Å². The molecule has 0 N–H and O–H groups in total. The van der Waals surface area contributed by atoms with Crippen molar-refractivity contribution >= 4 is 45.5 Å². The van der Waals surface area contributed by atoms with Crippen LogP contribution < -0.4 is 0 Å². The van der Waals surface area contributed by atoms with Crippen molar-refractivity contribution in [2.24, 2.45) is 20.0 Å². The minimum Gasteiger partial charge on any atom is -0.277 e. The van der Waals surface area contributed by atoms with Gasteiger partial charge in [0.15, 0.2) is 0 Å². The van der Waals surface area contributed by atoms with E-state index < -0.39 is 0 Å². The minimum atomic E-state index is 0. The Hall–Kier alpha value is -5.86. The van der Waals surface area contributed by atoms with Gasteiger partial charge < -0.3 is 0 Å². The van der Waals surface area contributed by atoms with Crippen molar-refractivity contribution < 1.29 is 16.5 Å². The van der Waals surface area contributed by atoms with E-state index in [0.717, 1.165) is 144 Å². The van der Waals surface area contributed by atoms with Gasteiger partial charge in [-0.2, -0.15) is 0 Å². The number of nitrogens with zero attached hydrogens (tertiary/aromatic N) is 5. The topological polar surface area (TPSA) is 62.3 Å². The number of aryl methyl sites for hydroxylation is 2. The SMILES string of the molecule is CCCCCCc1cc(C#CC#C/C2=C3/N=C(CC4N=C(/C=C5N=C(/C=C6N=C2C(CC)=C\6CC)C(CC)=C\5CC)C(CC)=C4CC)C(CC)=C3CC)sc1-c1sc(C#CC#Cc2ccncc2)cc1CCCCCC.[Ni+2]. The molecule has 8 heteroatoms. The summed E-state index contributed by atoms with van der Waals surface area (Å²) in [6, 6.07) is 8.53. The van der Waals surface area contributed by atoms with Crippen molar-refractivity contribution in [2.45, 2.75) is 197 Å². The van der Waals surface area contributed by atoms with Crippen LogP contribution in [0.2, 0.25) is 0 Å². The average molecular weight is 1100 g/mol. The molecular formula is C69H77N5NiS2+2. The van der Waals surface area contributed by atoms with E-state index in [1.54, 1.807) is 23.7 Å². The van der Waals surface area contributed by atoms with E-state index in [-0.39, 0.29) is 22.5 Å². The molecule has 8 heterocycles. The Morgan fingerprint density at radius 1 is 0.506 bits per heavy atom. The number of hydrogen-bond donors (Lipinski definition) is 0. The molecule has 5 aliphatic rings. The van der Waals surface area contributed by atoms with Gasteiger partial charge in [0, 0.05) is 39.8 Å². The number of allylic oxidation sites excluding steroid dienone is 10. The molecule has 0 saturated carbocycles. The summed E-state index contributed by atoms with van der Waals surface area (Å²) in [5, 5.41) is 0. The number of aromatic nitrogens is 1. The largest absolute Gasteiger partial charge is 2.00 e. The van der Waals surface area contributed by atoms with Crippen LogP contribution in [0.4, 0.5) is 0 Å². The summed E-state index contributed by atoms with van der Waals surface area (Å²) in [4.78, 5) is 31.1. The van der Waals surface area contributed by atoms with Gasteiger partial charge in [-0.25, -0.2) is 9.98 Å². The first-order valence-electron chi connectivity index (χ1n) is 28.9. The summed E-state index contributed by atoms with van der Waals surface area (Å²) in [5.74, 6) is 26.9. The first-order valence-corrected chi connectivity index (χ1v) is 30.5. The van der Waals surface area contributed by atoms with E-state index in [4.69, 9.17) is 20.0 Å². The van der Waals surface area contributed by atoms with Crippen molar-refractivity contribution in [3.8, 4) is 57.1 Å². The van der Waals surface area contributed by atoms with Gasteiger partial charge in [0.1, 0.15) is 0 Å². The molecule has 0 spiro atoms. The maximum Gasteiger partial charge on any atom is 2.00 e. The smallest absolute Gasteiger partial charge is 0.277 e. The fourth-order valence-corrected chi connectivity index (χ4v) is 13.9. The van der Waals surface area contributed by atoms with Crippen molar-refractivity contribution in [3.63, 3.8) is 0 Å². The summed E-state index contributed by atoms with van der Waals surface area (Å²) in [7, 11) is 0. The van der Waals surface area contributed by atoms with E-state index in [1.165, 1.54) is 104 Å². The van der Waals surface area contributed by atoms with E-state index in [2.05, 4.69) is 146 Å². The molecule has 3 aromatic heterocycles. The maximum atomic E-state index is 5.67. The molecule has 0 fully saturated rings. The first-order chi connectivity index (χ1) is 37.3. The van der Waals surface area contributed by atoms with Crippen LogP contribution in [-0.4, -0.2) is 33.9 Å². The summed E-state index contributed by atoms with van der Waals surface area (Å²) < 4.78 is 0. The molecule has 77 heavy (non-hydrogen) atoms. The molecule has 1 atom stereocenters. The first kappa shape index (κ1) is 58.8. The molecular weight excluding hydrogens is 1020 g/mol. The molecule has 0 amide bonds. The fraction of sp³-hybridized carbons (Fsp3) is 0.435. The normalized spacial score (nSPS) is 18.9. The Bertz CT molecular complexity index is 3350. The molecule has 0 aromatic carbocycles. The summed E-state index contributed by atoms with van der Waals surface area (Å²) in [5.41, 5.74) is 22.2. The molecule has 0 saturated heterocycles. The predicted octanol–water partition coefficient (Wildman–Crippen LogP) is 18.0. The Kier molecular flexibility index (Phi) is 21.9. The zero-order valence-electron chi connectivity index (χ0n) is 47.5. The molecule has 0 radical (unpaired) electrons. The fourth-order valence-electron chi connectivity index (χ4n) is 11.6. The van der Waals surface area contributed by atoms with Crippen molar-refractivity contribution in [3.05, 3.63) is 143 Å². The number of hydrogen-bond acceptors (Lipinski definition) is 7. The number of fused-ring (bicyclic) bond motifs is 4. The van der Waals surface area contributed by atoms with Crippen LogP contribution in [0.1, 0.15) is 205 Å². The number of unbranched alkanes of at least 4 members (excludes halogenated alkanes) is 6. The van der Waals surface area contributed by atoms with Crippen LogP contribution >= 0.6 is 22.7 Å². The van der Waals surface area contributed by atoms with Crippen molar-refractivity contribution in [1.82, 2.24) is 4.98 Å². The van der Waals surface area contributed by atoms with Gasteiger partial charge in [-0.05, 0) is 211 Å². The summed E-state index contributed by atoms with van der Waals surface area (Å²) in [6.07, 6.45) is 27.7. The Morgan fingerprint density at radius 2 is 1.04 bits per heavy atom. The number of thiophene rings is 2. The third-order valence-corrected chi connectivity index (χ3v) is 17.7. The number of aliphatic imine (C=N–C) groups is 4. The van der Waals surface area contributed by atoms with Gasteiger partial charge in [-0.15, -0.1) is 22.7 Å². The molecule has 3 aromatic rings. The Balaban J connectivity index is 0.00000861. The second kappa shape index (κ2) is 28.7. The van der Waals surface area contributed by atoms with E-state index in [0.29, 0.717) is 0 Å². The van der Waals surface area contributed by atoms with Crippen molar-refractivity contribution in [1.29, 1.82) is 0 Å². The molecule has 8 bridgehead atoms. The van der Waals surface area contributed by atoms with Gasteiger partial charge in [0.25, 0.3) is 0 Å². The van der Waals surface area contributed by atoms with Crippen molar-refractivity contribution in [2.75, 3.05) is 0 Å². The van der Waals surface area contributed by atoms with Crippen LogP contribution in [-0.2, 0) is 29.3 Å².